The molecule has 5 nitrogen and oxygen atoms in total. The number of nitrogen functional groups attached to an aromatic ring is 1. The lowest BCUT2D eigenvalue weighted by Gasteiger charge is -2.37. The van der Waals surface area contributed by atoms with Gasteiger partial charge in [-0.1, -0.05) is 0 Å². The highest BCUT2D eigenvalue weighted by Gasteiger charge is 2.35. The third kappa shape index (κ3) is 3.14. The molecule has 0 spiro atoms. The minimum Gasteiger partial charge on any atom is -0.507 e. The number of hydrogen-bond acceptors (Lipinski definition) is 5. The van der Waals surface area contributed by atoms with Crippen LogP contribution in [0.2, 0.25) is 0 Å². The van der Waals surface area contributed by atoms with E-state index in [1.165, 1.54) is 0 Å². The number of hydrogen-bond donors (Lipinski definition) is 2. The number of rotatable bonds is 4. The van der Waals surface area contributed by atoms with Crippen LogP contribution in [0.3, 0.4) is 0 Å². The summed E-state index contributed by atoms with van der Waals surface area (Å²) in [7, 11) is 1.58. The summed E-state index contributed by atoms with van der Waals surface area (Å²) < 4.78 is 17.6. The van der Waals surface area contributed by atoms with E-state index in [0.29, 0.717) is 29.5 Å². The van der Waals surface area contributed by atoms with Crippen LogP contribution in [0.25, 0.3) is 0 Å². The van der Waals surface area contributed by atoms with Crippen LogP contribution in [0, 0.1) is 20.8 Å². The average molecular weight is 357 g/mol. The van der Waals surface area contributed by atoms with E-state index < -0.39 is 5.60 Å². The Morgan fingerprint density at radius 3 is 2.62 bits per heavy atom. The molecule has 3 rings (SSSR count). The zero-order chi connectivity index (χ0) is 19.1. The van der Waals surface area contributed by atoms with Gasteiger partial charge >= 0.3 is 0 Å². The fourth-order valence-corrected chi connectivity index (χ4v) is 3.41. The summed E-state index contributed by atoms with van der Waals surface area (Å²) in [5.41, 5.74) is 9.85. The molecular weight excluding hydrogens is 330 g/mol. The van der Waals surface area contributed by atoms with Crippen LogP contribution < -0.4 is 19.9 Å². The number of methoxy groups -OCH3 is 1. The number of phenols is 1. The van der Waals surface area contributed by atoms with Crippen LogP contribution in [-0.2, 0) is 6.42 Å². The van der Waals surface area contributed by atoms with Crippen LogP contribution in [0.5, 0.6) is 23.0 Å². The fraction of sp³-hybridized carbons (Fsp3) is 0.429. The largest absolute Gasteiger partial charge is 0.507 e. The van der Waals surface area contributed by atoms with Gasteiger partial charge in [-0.15, -0.1) is 0 Å². The van der Waals surface area contributed by atoms with Crippen molar-refractivity contribution in [2.24, 2.45) is 0 Å². The normalized spacial score (nSPS) is 18.8. The van der Waals surface area contributed by atoms with Gasteiger partial charge in [0.2, 0.25) is 0 Å². The SMILES string of the molecule is COc1cc(OCC2(C)CCc3c(C)c(O)c(C)c(C)c3O2)ccc1N. The zero-order valence-corrected chi connectivity index (χ0v) is 16.1. The van der Waals surface area contributed by atoms with E-state index in [1.807, 2.05) is 26.8 Å². The standard InChI is InChI=1S/C21H27NO4/c1-12-13(2)20-16(14(3)19(12)23)8-9-21(4,26-20)11-25-15-6-7-17(22)18(10-15)24-5/h6-7,10,23H,8-9,11,22H2,1-5H3. The van der Waals surface area contributed by atoms with Crippen molar-refractivity contribution in [1.82, 2.24) is 0 Å². The first kappa shape index (κ1) is 18.2. The average Bonchev–Trinajstić information content (AvgIpc) is 2.64. The molecule has 0 fully saturated rings. The Morgan fingerprint density at radius 2 is 1.92 bits per heavy atom. The maximum Gasteiger partial charge on any atom is 0.145 e. The third-order valence-electron chi connectivity index (χ3n) is 5.34. The minimum atomic E-state index is -0.442. The Bertz CT molecular complexity index is 847. The molecule has 1 heterocycles. The van der Waals surface area contributed by atoms with Crippen molar-refractivity contribution in [3.8, 4) is 23.0 Å². The molecule has 0 saturated carbocycles. The van der Waals surface area contributed by atoms with Crippen LogP contribution in [-0.4, -0.2) is 24.4 Å². The van der Waals surface area contributed by atoms with Gasteiger partial charge in [-0.2, -0.15) is 0 Å². The van der Waals surface area contributed by atoms with Gasteiger partial charge in [0, 0.05) is 11.6 Å². The highest BCUT2D eigenvalue weighted by molar-refractivity contribution is 5.58. The zero-order valence-electron chi connectivity index (χ0n) is 16.1. The van der Waals surface area contributed by atoms with Gasteiger partial charge in [-0.05, 0) is 69.4 Å². The molecule has 140 valence electrons. The van der Waals surface area contributed by atoms with Crippen molar-refractivity contribution >= 4 is 5.69 Å². The Morgan fingerprint density at radius 1 is 1.19 bits per heavy atom. The van der Waals surface area contributed by atoms with E-state index in [-0.39, 0.29) is 0 Å². The van der Waals surface area contributed by atoms with Crippen molar-refractivity contribution in [2.45, 2.75) is 46.1 Å². The molecule has 26 heavy (non-hydrogen) atoms. The van der Waals surface area contributed by atoms with E-state index in [4.69, 9.17) is 19.9 Å². The van der Waals surface area contributed by atoms with Gasteiger partial charge in [0.1, 0.15) is 35.2 Å². The summed E-state index contributed by atoms with van der Waals surface area (Å²) in [6, 6.07) is 5.38. The molecule has 5 heteroatoms. The molecule has 1 atom stereocenters. The molecule has 3 N–H and O–H groups in total. The van der Waals surface area contributed by atoms with E-state index >= 15 is 0 Å². The monoisotopic (exact) mass is 357 g/mol. The van der Waals surface area contributed by atoms with Crippen molar-refractivity contribution in [3.05, 3.63) is 40.5 Å². The molecule has 1 unspecified atom stereocenters. The smallest absolute Gasteiger partial charge is 0.145 e. The molecule has 0 amide bonds. The first-order chi connectivity index (χ1) is 12.3. The molecule has 1 aliphatic rings. The van der Waals surface area contributed by atoms with E-state index in [9.17, 15) is 5.11 Å². The molecule has 2 aromatic carbocycles. The van der Waals surface area contributed by atoms with E-state index in [2.05, 4.69) is 6.92 Å². The van der Waals surface area contributed by atoms with E-state index in [1.54, 1.807) is 19.2 Å². The molecule has 0 bridgehead atoms. The summed E-state index contributed by atoms with van der Waals surface area (Å²) >= 11 is 0. The van der Waals surface area contributed by atoms with Crippen molar-refractivity contribution in [2.75, 3.05) is 19.5 Å². The Hall–Kier alpha value is -2.56. The van der Waals surface area contributed by atoms with Crippen molar-refractivity contribution in [1.29, 1.82) is 0 Å². The highest BCUT2D eigenvalue weighted by atomic mass is 16.5. The van der Waals surface area contributed by atoms with Gasteiger partial charge < -0.3 is 25.1 Å². The maximum absolute atomic E-state index is 10.3. The maximum atomic E-state index is 10.3. The summed E-state index contributed by atoms with van der Waals surface area (Å²) in [6.45, 7) is 8.33. The van der Waals surface area contributed by atoms with Gasteiger partial charge in [-0.25, -0.2) is 0 Å². The number of ether oxygens (including phenoxy) is 3. The molecule has 0 saturated heterocycles. The lowest BCUT2D eigenvalue weighted by atomic mass is 9.87. The van der Waals surface area contributed by atoms with Crippen LogP contribution >= 0.6 is 0 Å². The van der Waals surface area contributed by atoms with Gasteiger partial charge in [0.25, 0.3) is 0 Å². The number of fused-ring (bicyclic) bond motifs is 1. The first-order valence-corrected chi connectivity index (χ1v) is 8.82. The second-order valence-electron chi connectivity index (χ2n) is 7.28. The third-order valence-corrected chi connectivity index (χ3v) is 5.34. The summed E-state index contributed by atoms with van der Waals surface area (Å²) in [4.78, 5) is 0. The number of phenolic OH excluding ortho intramolecular Hbond substituents is 1. The number of aromatic hydroxyl groups is 1. The molecule has 0 radical (unpaired) electrons. The summed E-state index contributed by atoms with van der Waals surface area (Å²) in [5.74, 6) is 2.55. The quantitative estimate of drug-likeness (QED) is 0.807. The second kappa shape index (κ2) is 6.63. The molecular formula is C21H27NO4. The molecule has 1 aliphatic heterocycles. The molecule has 0 aromatic heterocycles. The lowest BCUT2D eigenvalue weighted by molar-refractivity contribution is 0.0166. The topological polar surface area (TPSA) is 73.9 Å². The van der Waals surface area contributed by atoms with Gasteiger partial charge in [0.15, 0.2) is 0 Å². The Kier molecular flexibility index (Phi) is 4.65. The second-order valence-corrected chi connectivity index (χ2v) is 7.28. The number of anilines is 1. The Balaban J connectivity index is 1.81. The summed E-state index contributed by atoms with van der Waals surface area (Å²) in [6.07, 6.45) is 1.66. The first-order valence-electron chi connectivity index (χ1n) is 8.82. The molecule has 2 aromatic rings. The van der Waals surface area contributed by atoms with Crippen molar-refractivity contribution in [3.63, 3.8) is 0 Å². The van der Waals surface area contributed by atoms with Crippen LogP contribution in [0.15, 0.2) is 18.2 Å². The predicted octanol–water partition coefficient (Wildman–Crippen LogP) is 4.07. The fourth-order valence-electron chi connectivity index (χ4n) is 3.41. The Labute approximate surface area is 154 Å². The van der Waals surface area contributed by atoms with Crippen LogP contribution in [0.1, 0.15) is 35.6 Å². The summed E-state index contributed by atoms with van der Waals surface area (Å²) in [5, 5.41) is 10.3. The highest BCUT2D eigenvalue weighted by Crippen LogP contribution is 2.43. The number of benzene rings is 2. The van der Waals surface area contributed by atoms with E-state index in [0.717, 1.165) is 40.8 Å². The van der Waals surface area contributed by atoms with Crippen molar-refractivity contribution < 1.29 is 19.3 Å². The minimum absolute atomic E-state index is 0.374. The van der Waals surface area contributed by atoms with Gasteiger partial charge in [-0.3, -0.25) is 0 Å². The van der Waals surface area contributed by atoms with Gasteiger partial charge in [0.05, 0.1) is 12.8 Å². The number of nitrogens with two attached hydrogens (primary N) is 1. The predicted molar refractivity (Wildman–Crippen MR) is 103 cm³/mol. The lowest BCUT2D eigenvalue weighted by Crippen LogP contribution is -2.42. The molecule has 0 aliphatic carbocycles. The van der Waals surface area contributed by atoms with Crippen LogP contribution in [0.4, 0.5) is 5.69 Å².